The average molecular weight is 198 g/mol. The molecule has 0 aliphatic carbocycles. The first-order chi connectivity index (χ1) is 6.88. The van der Waals surface area contributed by atoms with Gasteiger partial charge in [0.05, 0.1) is 12.3 Å². The molecule has 0 atom stereocenters. The molecule has 0 spiro atoms. The number of oxazole rings is 1. The highest BCUT2D eigenvalue weighted by atomic mass is 16.5. The summed E-state index contributed by atoms with van der Waals surface area (Å²) in [5, 5.41) is 3.22. The molecule has 14 heavy (non-hydrogen) atoms. The van der Waals surface area contributed by atoms with E-state index in [0.29, 0.717) is 6.61 Å². The van der Waals surface area contributed by atoms with E-state index in [0.717, 1.165) is 37.6 Å². The first-order valence-corrected chi connectivity index (χ1v) is 5.08. The van der Waals surface area contributed by atoms with Crippen LogP contribution >= 0.6 is 0 Å². The quantitative estimate of drug-likeness (QED) is 0.672. The standard InChI is InChI=1S/C10H18N2O2/c1-3-11-7-9-10(14-8-12-9)5-6-13-4-2/h8,11H,3-7H2,1-2H3. The highest BCUT2D eigenvalue weighted by Crippen LogP contribution is 2.07. The molecule has 0 saturated carbocycles. The zero-order valence-electron chi connectivity index (χ0n) is 8.88. The lowest BCUT2D eigenvalue weighted by Gasteiger charge is -2.01. The molecule has 1 N–H and O–H groups in total. The van der Waals surface area contributed by atoms with E-state index < -0.39 is 0 Å². The second-order valence-electron chi connectivity index (χ2n) is 2.95. The second kappa shape index (κ2) is 6.56. The SMILES string of the molecule is CCNCc1ncoc1CCOCC. The minimum Gasteiger partial charge on any atom is -0.448 e. The third-order valence-electron chi connectivity index (χ3n) is 1.95. The molecule has 1 aromatic rings. The summed E-state index contributed by atoms with van der Waals surface area (Å²) in [6.45, 7) is 7.22. The van der Waals surface area contributed by atoms with E-state index >= 15 is 0 Å². The van der Waals surface area contributed by atoms with Gasteiger partial charge in [0.25, 0.3) is 0 Å². The Morgan fingerprint density at radius 2 is 2.36 bits per heavy atom. The zero-order chi connectivity index (χ0) is 10.2. The highest BCUT2D eigenvalue weighted by Gasteiger charge is 2.06. The Morgan fingerprint density at radius 3 is 3.07 bits per heavy atom. The van der Waals surface area contributed by atoms with Crippen LogP contribution in [-0.2, 0) is 17.7 Å². The van der Waals surface area contributed by atoms with Gasteiger partial charge in [-0.2, -0.15) is 0 Å². The van der Waals surface area contributed by atoms with Crippen molar-refractivity contribution in [1.82, 2.24) is 10.3 Å². The summed E-state index contributed by atoms with van der Waals surface area (Å²) in [6, 6.07) is 0. The molecule has 0 aromatic carbocycles. The Balaban J connectivity index is 2.37. The van der Waals surface area contributed by atoms with Crippen LogP contribution in [0.2, 0.25) is 0 Å². The van der Waals surface area contributed by atoms with Crippen molar-refractivity contribution >= 4 is 0 Å². The molecule has 1 rings (SSSR count). The minimum atomic E-state index is 0.699. The van der Waals surface area contributed by atoms with E-state index in [9.17, 15) is 0 Å². The van der Waals surface area contributed by atoms with Gasteiger partial charge >= 0.3 is 0 Å². The van der Waals surface area contributed by atoms with E-state index in [-0.39, 0.29) is 0 Å². The van der Waals surface area contributed by atoms with Crippen molar-refractivity contribution < 1.29 is 9.15 Å². The third kappa shape index (κ3) is 3.47. The van der Waals surface area contributed by atoms with Crippen LogP contribution in [-0.4, -0.2) is 24.7 Å². The monoisotopic (exact) mass is 198 g/mol. The van der Waals surface area contributed by atoms with Crippen molar-refractivity contribution in [2.45, 2.75) is 26.8 Å². The summed E-state index contributed by atoms with van der Waals surface area (Å²) >= 11 is 0. The topological polar surface area (TPSA) is 47.3 Å². The molecular weight excluding hydrogens is 180 g/mol. The molecular formula is C10H18N2O2. The van der Waals surface area contributed by atoms with E-state index in [1.54, 1.807) is 0 Å². The van der Waals surface area contributed by atoms with Gasteiger partial charge in [-0.1, -0.05) is 6.92 Å². The van der Waals surface area contributed by atoms with Gasteiger partial charge < -0.3 is 14.5 Å². The van der Waals surface area contributed by atoms with Crippen molar-refractivity contribution in [3.05, 3.63) is 17.8 Å². The van der Waals surface area contributed by atoms with Crippen LogP contribution < -0.4 is 5.32 Å². The molecule has 0 aliphatic heterocycles. The first-order valence-electron chi connectivity index (χ1n) is 5.08. The minimum absolute atomic E-state index is 0.699. The van der Waals surface area contributed by atoms with Gasteiger partial charge in [-0.3, -0.25) is 0 Å². The van der Waals surface area contributed by atoms with Crippen LogP contribution in [0, 0.1) is 0 Å². The molecule has 4 nitrogen and oxygen atoms in total. The molecule has 4 heteroatoms. The summed E-state index contributed by atoms with van der Waals surface area (Å²) in [6.07, 6.45) is 2.29. The lowest BCUT2D eigenvalue weighted by Crippen LogP contribution is -2.13. The Morgan fingerprint density at radius 1 is 1.50 bits per heavy atom. The van der Waals surface area contributed by atoms with E-state index in [1.165, 1.54) is 6.39 Å². The third-order valence-corrected chi connectivity index (χ3v) is 1.95. The summed E-state index contributed by atoms with van der Waals surface area (Å²) in [7, 11) is 0. The Bertz CT molecular complexity index is 248. The van der Waals surface area contributed by atoms with E-state index in [2.05, 4.69) is 17.2 Å². The van der Waals surface area contributed by atoms with E-state index in [1.807, 2.05) is 6.92 Å². The van der Waals surface area contributed by atoms with Crippen molar-refractivity contribution in [3.8, 4) is 0 Å². The summed E-state index contributed by atoms with van der Waals surface area (Å²) < 4.78 is 10.5. The van der Waals surface area contributed by atoms with Crippen LogP contribution in [0.5, 0.6) is 0 Å². The molecule has 0 fully saturated rings. The van der Waals surface area contributed by atoms with Gasteiger partial charge in [-0.15, -0.1) is 0 Å². The smallest absolute Gasteiger partial charge is 0.181 e. The van der Waals surface area contributed by atoms with Gasteiger partial charge in [0.15, 0.2) is 6.39 Å². The number of nitrogens with one attached hydrogen (secondary N) is 1. The fourth-order valence-electron chi connectivity index (χ4n) is 1.19. The molecule has 0 radical (unpaired) electrons. The van der Waals surface area contributed by atoms with Gasteiger partial charge in [0.1, 0.15) is 5.76 Å². The van der Waals surface area contributed by atoms with Gasteiger partial charge in [-0.05, 0) is 13.5 Å². The molecule has 0 unspecified atom stereocenters. The molecule has 1 aromatic heterocycles. The van der Waals surface area contributed by atoms with Gasteiger partial charge in [0.2, 0.25) is 0 Å². The fourth-order valence-corrected chi connectivity index (χ4v) is 1.19. The zero-order valence-corrected chi connectivity index (χ0v) is 8.88. The highest BCUT2D eigenvalue weighted by molar-refractivity contribution is 5.07. The molecule has 0 amide bonds. The molecule has 0 bridgehead atoms. The summed E-state index contributed by atoms with van der Waals surface area (Å²) in [5.74, 6) is 0.930. The maximum Gasteiger partial charge on any atom is 0.181 e. The fraction of sp³-hybridized carbons (Fsp3) is 0.700. The van der Waals surface area contributed by atoms with Crippen LogP contribution in [0.4, 0.5) is 0 Å². The Hall–Kier alpha value is -0.870. The van der Waals surface area contributed by atoms with Gasteiger partial charge in [0, 0.05) is 19.6 Å². The largest absolute Gasteiger partial charge is 0.448 e. The van der Waals surface area contributed by atoms with Crippen molar-refractivity contribution in [1.29, 1.82) is 0 Å². The Kier molecular flexibility index (Phi) is 5.25. The van der Waals surface area contributed by atoms with Crippen LogP contribution in [0.3, 0.4) is 0 Å². The number of hydrogen-bond donors (Lipinski definition) is 1. The number of nitrogens with zero attached hydrogens (tertiary/aromatic N) is 1. The normalized spacial score (nSPS) is 10.7. The Labute approximate surface area is 84.7 Å². The number of hydrogen-bond acceptors (Lipinski definition) is 4. The van der Waals surface area contributed by atoms with Crippen molar-refractivity contribution in [3.63, 3.8) is 0 Å². The van der Waals surface area contributed by atoms with Crippen LogP contribution in [0.15, 0.2) is 10.8 Å². The van der Waals surface area contributed by atoms with Gasteiger partial charge in [-0.25, -0.2) is 4.98 Å². The molecule has 0 saturated heterocycles. The second-order valence-corrected chi connectivity index (χ2v) is 2.95. The predicted molar refractivity (Wildman–Crippen MR) is 54.1 cm³/mol. The number of ether oxygens (including phenoxy) is 1. The van der Waals surface area contributed by atoms with Crippen LogP contribution in [0.25, 0.3) is 0 Å². The predicted octanol–water partition coefficient (Wildman–Crippen LogP) is 1.36. The van der Waals surface area contributed by atoms with Crippen molar-refractivity contribution in [2.24, 2.45) is 0 Å². The number of aromatic nitrogens is 1. The van der Waals surface area contributed by atoms with E-state index in [4.69, 9.17) is 9.15 Å². The first kappa shape index (κ1) is 11.2. The van der Waals surface area contributed by atoms with Crippen LogP contribution in [0.1, 0.15) is 25.3 Å². The molecule has 1 heterocycles. The maximum atomic E-state index is 5.28. The maximum absolute atomic E-state index is 5.28. The average Bonchev–Trinajstić information content (AvgIpc) is 2.63. The number of rotatable bonds is 7. The molecule has 0 aliphatic rings. The summed E-state index contributed by atoms with van der Waals surface area (Å²) in [5.41, 5.74) is 0.992. The lowest BCUT2D eigenvalue weighted by molar-refractivity contribution is 0.146. The lowest BCUT2D eigenvalue weighted by atomic mass is 10.2. The summed E-state index contributed by atoms with van der Waals surface area (Å²) in [4.78, 5) is 4.15. The molecule has 80 valence electrons. The van der Waals surface area contributed by atoms with Crippen molar-refractivity contribution in [2.75, 3.05) is 19.8 Å².